The molecule has 0 radical (unpaired) electrons. The van der Waals surface area contributed by atoms with Crippen LogP contribution in [0.2, 0.25) is 0 Å². The molecule has 0 saturated heterocycles. The van der Waals surface area contributed by atoms with Crippen LogP contribution >= 0.6 is 0 Å². The van der Waals surface area contributed by atoms with Crippen LogP contribution in [0.4, 0.5) is 0 Å². The summed E-state index contributed by atoms with van der Waals surface area (Å²) in [5, 5.41) is 8.55. The second kappa shape index (κ2) is 11.0. The summed E-state index contributed by atoms with van der Waals surface area (Å²) in [5.74, 6) is 0.323. The SMILES string of the molecule is CCCNCCNC(=O)CNC(=O)CCC(C)C. The molecule has 0 unspecified atom stereocenters. The number of amides is 2. The molecule has 106 valence electrons. The van der Waals surface area contributed by atoms with Crippen molar-refractivity contribution in [3.63, 3.8) is 0 Å². The van der Waals surface area contributed by atoms with Crippen LogP contribution in [0.25, 0.3) is 0 Å². The van der Waals surface area contributed by atoms with E-state index in [0.29, 0.717) is 18.9 Å². The Kier molecular flexibility index (Phi) is 10.3. The Morgan fingerprint density at radius 2 is 1.72 bits per heavy atom. The summed E-state index contributed by atoms with van der Waals surface area (Å²) < 4.78 is 0. The number of carbonyl (C=O) groups is 2. The third kappa shape index (κ3) is 11.4. The number of carbonyl (C=O) groups excluding carboxylic acids is 2. The van der Waals surface area contributed by atoms with E-state index in [0.717, 1.165) is 25.9 Å². The lowest BCUT2D eigenvalue weighted by Gasteiger charge is -2.08. The van der Waals surface area contributed by atoms with Gasteiger partial charge in [-0.3, -0.25) is 9.59 Å². The molecule has 3 N–H and O–H groups in total. The lowest BCUT2D eigenvalue weighted by molar-refractivity contribution is -0.126. The molecule has 0 fully saturated rings. The molecule has 2 amide bonds. The van der Waals surface area contributed by atoms with Gasteiger partial charge in [0.1, 0.15) is 0 Å². The average molecular weight is 257 g/mol. The molecule has 0 aromatic rings. The Hall–Kier alpha value is -1.10. The zero-order valence-corrected chi connectivity index (χ0v) is 11.8. The predicted molar refractivity (Wildman–Crippen MR) is 73.3 cm³/mol. The Balaban J connectivity index is 3.43. The second-order valence-electron chi connectivity index (χ2n) is 4.81. The smallest absolute Gasteiger partial charge is 0.239 e. The number of nitrogens with one attached hydrogen (secondary N) is 3. The molecule has 0 aromatic carbocycles. The van der Waals surface area contributed by atoms with Crippen LogP contribution in [0, 0.1) is 5.92 Å². The highest BCUT2D eigenvalue weighted by Gasteiger charge is 2.05. The molecule has 0 aromatic heterocycles. The summed E-state index contributed by atoms with van der Waals surface area (Å²) in [6.07, 6.45) is 2.43. The minimum Gasteiger partial charge on any atom is -0.353 e. The topological polar surface area (TPSA) is 70.2 Å². The van der Waals surface area contributed by atoms with E-state index in [1.807, 2.05) is 0 Å². The van der Waals surface area contributed by atoms with Gasteiger partial charge in [0.25, 0.3) is 0 Å². The summed E-state index contributed by atoms with van der Waals surface area (Å²) in [7, 11) is 0. The third-order valence-corrected chi connectivity index (χ3v) is 2.45. The molecule has 0 bridgehead atoms. The fourth-order valence-corrected chi connectivity index (χ4v) is 1.34. The Morgan fingerprint density at radius 1 is 1.00 bits per heavy atom. The summed E-state index contributed by atoms with van der Waals surface area (Å²) in [6, 6.07) is 0. The maximum atomic E-state index is 11.4. The van der Waals surface area contributed by atoms with Gasteiger partial charge in [0, 0.05) is 19.5 Å². The van der Waals surface area contributed by atoms with Crippen molar-refractivity contribution in [3.8, 4) is 0 Å². The van der Waals surface area contributed by atoms with Gasteiger partial charge in [-0.2, -0.15) is 0 Å². The van der Waals surface area contributed by atoms with Crippen molar-refractivity contribution in [2.45, 2.75) is 40.0 Å². The predicted octanol–water partition coefficient (Wildman–Crippen LogP) is 0.655. The van der Waals surface area contributed by atoms with Crippen LogP contribution < -0.4 is 16.0 Å². The van der Waals surface area contributed by atoms with Crippen LogP contribution in [-0.4, -0.2) is 38.0 Å². The molecule has 0 aliphatic carbocycles. The van der Waals surface area contributed by atoms with Crippen LogP contribution in [0.3, 0.4) is 0 Å². The van der Waals surface area contributed by atoms with Crippen molar-refractivity contribution >= 4 is 11.8 Å². The number of hydrogen-bond donors (Lipinski definition) is 3. The van der Waals surface area contributed by atoms with Gasteiger partial charge < -0.3 is 16.0 Å². The van der Waals surface area contributed by atoms with Crippen molar-refractivity contribution < 1.29 is 9.59 Å². The van der Waals surface area contributed by atoms with Crippen LogP contribution in [0.1, 0.15) is 40.0 Å². The average Bonchev–Trinajstić information content (AvgIpc) is 2.33. The van der Waals surface area contributed by atoms with Crippen molar-refractivity contribution in [1.29, 1.82) is 0 Å². The molecule has 18 heavy (non-hydrogen) atoms. The van der Waals surface area contributed by atoms with Gasteiger partial charge in [-0.05, 0) is 25.3 Å². The van der Waals surface area contributed by atoms with Gasteiger partial charge in [-0.25, -0.2) is 0 Å². The number of hydrogen-bond acceptors (Lipinski definition) is 3. The Morgan fingerprint density at radius 3 is 2.33 bits per heavy atom. The molecular weight excluding hydrogens is 230 g/mol. The van der Waals surface area contributed by atoms with Gasteiger partial charge in [0.15, 0.2) is 0 Å². The highest BCUT2D eigenvalue weighted by Crippen LogP contribution is 2.02. The lowest BCUT2D eigenvalue weighted by atomic mass is 10.1. The van der Waals surface area contributed by atoms with Gasteiger partial charge in [0.2, 0.25) is 11.8 Å². The van der Waals surface area contributed by atoms with E-state index in [9.17, 15) is 9.59 Å². The molecule has 0 aliphatic rings. The molecular formula is C13H27N3O2. The Labute approximate surface area is 110 Å². The van der Waals surface area contributed by atoms with Crippen molar-refractivity contribution in [2.24, 2.45) is 5.92 Å². The standard InChI is InChI=1S/C13H27N3O2/c1-4-7-14-8-9-15-13(18)10-16-12(17)6-5-11(2)3/h11,14H,4-10H2,1-3H3,(H,15,18)(H,16,17). The highest BCUT2D eigenvalue weighted by atomic mass is 16.2. The van der Waals surface area contributed by atoms with Gasteiger partial charge in [-0.15, -0.1) is 0 Å². The zero-order chi connectivity index (χ0) is 13.8. The molecule has 5 heteroatoms. The van der Waals surface area contributed by atoms with Gasteiger partial charge in [0.05, 0.1) is 6.54 Å². The first kappa shape index (κ1) is 16.9. The molecule has 0 rings (SSSR count). The molecule has 0 spiro atoms. The lowest BCUT2D eigenvalue weighted by Crippen LogP contribution is -2.39. The van der Waals surface area contributed by atoms with E-state index in [4.69, 9.17) is 0 Å². The van der Waals surface area contributed by atoms with Crippen molar-refractivity contribution in [2.75, 3.05) is 26.2 Å². The van der Waals surface area contributed by atoms with E-state index in [-0.39, 0.29) is 18.4 Å². The van der Waals surface area contributed by atoms with Crippen LogP contribution in [0.5, 0.6) is 0 Å². The molecule has 0 saturated carbocycles. The van der Waals surface area contributed by atoms with E-state index >= 15 is 0 Å². The first-order chi connectivity index (χ1) is 8.56. The van der Waals surface area contributed by atoms with E-state index < -0.39 is 0 Å². The zero-order valence-electron chi connectivity index (χ0n) is 11.8. The Bertz CT molecular complexity index is 242. The second-order valence-corrected chi connectivity index (χ2v) is 4.81. The quantitative estimate of drug-likeness (QED) is 0.503. The summed E-state index contributed by atoms with van der Waals surface area (Å²) in [4.78, 5) is 22.7. The van der Waals surface area contributed by atoms with Crippen LogP contribution in [-0.2, 0) is 9.59 Å². The largest absolute Gasteiger partial charge is 0.353 e. The maximum absolute atomic E-state index is 11.4. The maximum Gasteiger partial charge on any atom is 0.239 e. The fraction of sp³-hybridized carbons (Fsp3) is 0.846. The van der Waals surface area contributed by atoms with Crippen LogP contribution in [0.15, 0.2) is 0 Å². The summed E-state index contributed by atoms with van der Waals surface area (Å²) >= 11 is 0. The first-order valence-corrected chi connectivity index (χ1v) is 6.80. The summed E-state index contributed by atoms with van der Waals surface area (Å²) in [6.45, 7) is 8.64. The van der Waals surface area contributed by atoms with Crippen molar-refractivity contribution in [1.82, 2.24) is 16.0 Å². The monoisotopic (exact) mass is 257 g/mol. The van der Waals surface area contributed by atoms with Gasteiger partial charge in [-0.1, -0.05) is 20.8 Å². The molecule has 0 atom stereocenters. The first-order valence-electron chi connectivity index (χ1n) is 6.80. The van der Waals surface area contributed by atoms with E-state index in [1.54, 1.807) is 0 Å². The van der Waals surface area contributed by atoms with E-state index in [2.05, 4.69) is 36.7 Å². The summed E-state index contributed by atoms with van der Waals surface area (Å²) in [5.41, 5.74) is 0. The van der Waals surface area contributed by atoms with Gasteiger partial charge >= 0.3 is 0 Å². The fourth-order valence-electron chi connectivity index (χ4n) is 1.34. The molecule has 5 nitrogen and oxygen atoms in total. The van der Waals surface area contributed by atoms with Crippen molar-refractivity contribution in [3.05, 3.63) is 0 Å². The minimum atomic E-state index is -0.133. The molecule has 0 aliphatic heterocycles. The highest BCUT2D eigenvalue weighted by molar-refractivity contribution is 5.84. The molecule has 0 heterocycles. The van der Waals surface area contributed by atoms with E-state index in [1.165, 1.54) is 0 Å². The normalized spacial score (nSPS) is 10.4. The number of rotatable bonds is 10. The third-order valence-electron chi connectivity index (χ3n) is 2.45. The minimum absolute atomic E-state index is 0.0528.